The van der Waals surface area contributed by atoms with Crippen LogP contribution in [0, 0.1) is 17.8 Å². The summed E-state index contributed by atoms with van der Waals surface area (Å²) in [5.41, 5.74) is 5.10. The summed E-state index contributed by atoms with van der Waals surface area (Å²) in [4.78, 5) is 12.5. The first-order chi connectivity index (χ1) is 14.6. The minimum Gasteiger partial charge on any atom is -0.493 e. The highest BCUT2D eigenvalue weighted by atomic mass is 16.5. The molecule has 0 atom stereocenters. The van der Waals surface area contributed by atoms with Gasteiger partial charge in [0.1, 0.15) is 0 Å². The van der Waals surface area contributed by atoms with Crippen LogP contribution in [0.3, 0.4) is 0 Å². The zero-order valence-electron chi connectivity index (χ0n) is 17.5. The van der Waals surface area contributed by atoms with E-state index < -0.39 is 0 Å². The van der Waals surface area contributed by atoms with Gasteiger partial charge in [0.15, 0.2) is 17.2 Å². The number of hydrogen-bond donors (Lipinski definition) is 2. The van der Waals surface area contributed by atoms with Gasteiger partial charge in [-0.1, -0.05) is 0 Å². The van der Waals surface area contributed by atoms with E-state index in [4.69, 9.17) is 9.47 Å². The molecule has 30 heavy (non-hydrogen) atoms. The molecule has 0 saturated heterocycles. The van der Waals surface area contributed by atoms with Crippen LogP contribution in [0.4, 0.5) is 0 Å². The number of nitrogens with one attached hydrogen (secondary N) is 2. The van der Waals surface area contributed by atoms with Crippen LogP contribution in [-0.2, 0) is 5.41 Å². The standard InChI is InChI=1S/C23H28N4O3/c1-29-19-4-3-14(8-20(19)30-2)13-24-27-22(28)18-9-21(26-25-18)23-10-15-5-16(11-23)7-17(6-15)12-23/h3-4,8-9,13,15-17H,5-7,10-12H2,1-2H3,(H,25,26)(H,27,28)/b24-13+. The van der Waals surface area contributed by atoms with E-state index >= 15 is 0 Å². The average Bonchev–Trinajstić information content (AvgIpc) is 3.24. The number of aromatic nitrogens is 2. The first-order valence-corrected chi connectivity index (χ1v) is 10.7. The lowest BCUT2D eigenvalue weighted by molar-refractivity contribution is -0.00721. The van der Waals surface area contributed by atoms with Gasteiger partial charge in [-0.2, -0.15) is 10.2 Å². The Labute approximate surface area is 176 Å². The maximum Gasteiger partial charge on any atom is 0.291 e. The number of aromatic amines is 1. The summed E-state index contributed by atoms with van der Waals surface area (Å²) in [7, 11) is 3.17. The molecule has 158 valence electrons. The molecule has 2 aromatic rings. The molecular formula is C23H28N4O3. The third-order valence-electron chi connectivity index (χ3n) is 7.21. The predicted octanol–water partition coefficient (Wildman–Crippen LogP) is 3.66. The molecule has 1 heterocycles. The summed E-state index contributed by atoms with van der Waals surface area (Å²) < 4.78 is 10.5. The van der Waals surface area contributed by atoms with E-state index in [2.05, 4.69) is 20.7 Å². The smallest absolute Gasteiger partial charge is 0.291 e. The lowest BCUT2D eigenvalue weighted by atomic mass is 9.49. The molecule has 4 saturated carbocycles. The Morgan fingerprint density at radius 1 is 1.10 bits per heavy atom. The molecule has 4 aliphatic rings. The minimum absolute atomic E-state index is 0.198. The fourth-order valence-electron chi connectivity index (χ4n) is 6.31. The van der Waals surface area contributed by atoms with Gasteiger partial charge < -0.3 is 9.47 Å². The first kappa shape index (κ1) is 19.2. The molecule has 6 rings (SSSR count). The van der Waals surface area contributed by atoms with Crippen molar-refractivity contribution in [2.45, 2.75) is 43.9 Å². The van der Waals surface area contributed by atoms with Crippen molar-refractivity contribution in [1.29, 1.82) is 0 Å². The van der Waals surface area contributed by atoms with Crippen molar-refractivity contribution in [2.75, 3.05) is 14.2 Å². The van der Waals surface area contributed by atoms with E-state index in [0.717, 1.165) is 29.0 Å². The molecule has 7 nitrogen and oxygen atoms in total. The fourth-order valence-corrected chi connectivity index (χ4v) is 6.31. The second-order valence-corrected chi connectivity index (χ2v) is 9.18. The highest BCUT2D eigenvalue weighted by Crippen LogP contribution is 2.60. The van der Waals surface area contributed by atoms with Gasteiger partial charge in [0.2, 0.25) is 0 Å². The minimum atomic E-state index is -0.307. The predicted molar refractivity (Wildman–Crippen MR) is 113 cm³/mol. The van der Waals surface area contributed by atoms with E-state index in [1.54, 1.807) is 32.6 Å². The van der Waals surface area contributed by atoms with Crippen LogP contribution < -0.4 is 14.9 Å². The second kappa shape index (κ2) is 7.45. The first-order valence-electron chi connectivity index (χ1n) is 10.7. The summed E-state index contributed by atoms with van der Waals surface area (Å²) in [6.07, 6.45) is 9.47. The molecule has 1 aromatic heterocycles. The number of methoxy groups -OCH3 is 2. The molecule has 0 unspecified atom stereocenters. The molecule has 1 aromatic carbocycles. The van der Waals surface area contributed by atoms with Crippen molar-refractivity contribution in [3.63, 3.8) is 0 Å². The van der Waals surface area contributed by atoms with Crippen LogP contribution in [-0.4, -0.2) is 36.5 Å². The van der Waals surface area contributed by atoms with Crippen LogP contribution in [0.25, 0.3) is 0 Å². The van der Waals surface area contributed by atoms with Gasteiger partial charge >= 0.3 is 0 Å². The van der Waals surface area contributed by atoms with Gasteiger partial charge in [0.25, 0.3) is 5.91 Å². The number of H-pyrrole nitrogens is 1. The topological polar surface area (TPSA) is 88.6 Å². The zero-order chi connectivity index (χ0) is 20.7. The van der Waals surface area contributed by atoms with Crippen LogP contribution in [0.2, 0.25) is 0 Å². The van der Waals surface area contributed by atoms with E-state index in [1.165, 1.54) is 38.5 Å². The highest BCUT2D eigenvalue weighted by Gasteiger charge is 2.52. The number of amides is 1. The van der Waals surface area contributed by atoms with Crippen molar-refractivity contribution in [3.8, 4) is 11.5 Å². The lowest BCUT2D eigenvalue weighted by Gasteiger charge is -2.56. The molecule has 4 fully saturated rings. The van der Waals surface area contributed by atoms with Gasteiger partial charge in [-0.15, -0.1) is 0 Å². The number of hydrazone groups is 1. The Balaban J connectivity index is 1.26. The number of nitrogens with zero attached hydrogens (tertiary/aromatic N) is 2. The van der Waals surface area contributed by atoms with Crippen molar-refractivity contribution >= 4 is 12.1 Å². The maximum atomic E-state index is 12.5. The van der Waals surface area contributed by atoms with Gasteiger partial charge in [-0.25, -0.2) is 5.43 Å². The Hall–Kier alpha value is -2.83. The Morgan fingerprint density at radius 3 is 2.40 bits per heavy atom. The third kappa shape index (κ3) is 3.36. The number of rotatable bonds is 6. The summed E-state index contributed by atoms with van der Waals surface area (Å²) in [5.74, 6) is 3.50. The zero-order valence-corrected chi connectivity index (χ0v) is 17.5. The maximum absolute atomic E-state index is 12.5. The number of ether oxygens (including phenoxy) is 2. The lowest BCUT2D eigenvalue weighted by Crippen LogP contribution is -2.48. The molecule has 2 N–H and O–H groups in total. The van der Waals surface area contributed by atoms with Crippen molar-refractivity contribution in [2.24, 2.45) is 22.9 Å². The normalized spacial score (nSPS) is 29.3. The van der Waals surface area contributed by atoms with E-state index in [-0.39, 0.29) is 11.3 Å². The monoisotopic (exact) mass is 408 g/mol. The highest BCUT2D eigenvalue weighted by molar-refractivity contribution is 5.93. The van der Waals surface area contributed by atoms with Crippen molar-refractivity contribution in [3.05, 3.63) is 41.2 Å². The van der Waals surface area contributed by atoms with E-state index in [1.807, 2.05) is 12.1 Å². The molecular weight excluding hydrogens is 380 g/mol. The van der Waals surface area contributed by atoms with Crippen LogP contribution in [0.15, 0.2) is 29.4 Å². The van der Waals surface area contributed by atoms with Gasteiger partial charge in [0.05, 0.1) is 20.4 Å². The van der Waals surface area contributed by atoms with Crippen LogP contribution in [0.1, 0.15) is 60.3 Å². The second-order valence-electron chi connectivity index (χ2n) is 9.18. The molecule has 4 bridgehead atoms. The SMILES string of the molecule is COc1ccc(/C=N/NC(=O)c2cc(C34CC5CC(CC(C5)C3)C4)[nH]n2)cc1OC. The van der Waals surface area contributed by atoms with Gasteiger partial charge in [0, 0.05) is 11.1 Å². The number of benzene rings is 1. The van der Waals surface area contributed by atoms with Crippen LogP contribution in [0.5, 0.6) is 11.5 Å². The number of carbonyl (C=O) groups excluding carboxylic acids is 1. The average molecular weight is 409 g/mol. The Morgan fingerprint density at radius 2 is 1.77 bits per heavy atom. The molecule has 1 amide bonds. The quantitative estimate of drug-likeness (QED) is 0.564. The number of hydrogen-bond acceptors (Lipinski definition) is 5. The molecule has 0 radical (unpaired) electrons. The fraction of sp³-hybridized carbons (Fsp3) is 0.522. The summed E-state index contributed by atoms with van der Waals surface area (Å²) in [6, 6.07) is 7.38. The molecule has 4 aliphatic carbocycles. The number of carbonyl (C=O) groups is 1. The Bertz CT molecular complexity index is 945. The van der Waals surface area contributed by atoms with Crippen LogP contribution >= 0.6 is 0 Å². The van der Waals surface area contributed by atoms with Gasteiger partial charge in [-0.05, 0) is 86.1 Å². The molecule has 0 spiro atoms. The summed E-state index contributed by atoms with van der Waals surface area (Å²) in [6.45, 7) is 0. The van der Waals surface area contributed by atoms with Crippen molar-refractivity contribution in [1.82, 2.24) is 15.6 Å². The molecule has 7 heteroatoms. The molecule has 0 aliphatic heterocycles. The van der Waals surface area contributed by atoms with Crippen molar-refractivity contribution < 1.29 is 14.3 Å². The largest absolute Gasteiger partial charge is 0.493 e. The Kier molecular flexibility index (Phi) is 4.76. The van der Waals surface area contributed by atoms with Gasteiger partial charge in [-0.3, -0.25) is 9.89 Å². The van der Waals surface area contributed by atoms with E-state index in [9.17, 15) is 4.79 Å². The summed E-state index contributed by atoms with van der Waals surface area (Å²) >= 11 is 0. The van der Waals surface area contributed by atoms with E-state index in [0.29, 0.717) is 17.2 Å². The third-order valence-corrected chi connectivity index (χ3v) is 7.21. The summed E-state index contributed by atoms with van der Waals surface area (Å²) in [5, 5.41) is 11.6.